The zero-order chi connectivity index (χ0) is 13.0. The lowest BCUT2D eigenvalue weighted by molar-refractivity contribution is -0.137. The molecule has 2 rings (SSSR count). The molecule has 0 saturated carbocycles. The Labute approximate surface area is 118 Å². The molecule has 1 atom stereocenters. The first-order valence-corrected chi connectivity index (χ1v) is 6.03. The second-order valence-electron chi connectivity index (χ2n) is 4.37. The summed E-state index contributed by atoms with van der Waals surface area (Å²) in [4.78, 5) is 13.8. The lowest BCUT2D eigenvalue weighted by Gasteiger charge is -2.32. The van der Waals surface area contributed by atoms with Crippen LogP contribution in [0.1, 0.15) is 5.56 Å². The molecule has 106 valence electrons. The van der Waals surface area contributed by atoms with Gasteiger partial charge in [-0.3, -0.25) is 4.79 Å². The van der Waals surface area contributed by atoms with E-state index in [-0.39, 0.29) is 36.7 Å². The van der Waals surface area contributed by atoms with Crippen molar-refractivity contribution in [3.8, 4) is 0 Å². The van der Waals surface area contributed by atoms with E-state index in [2.05, 4.69) is 0 Å². The first kappa shape index (κ1) is 15.9. The van der Waals surface area contributed by atoms with Gasteiger partial charge in [0.15, 0.2) is 0 Å². The minimum Gasteiger partial charge on any atom is -0.373 e. The molecule has 2 N–H and O–H groups in total. The van der Waals surface area contributed by atoms with Crippen molar-refractivity contribution in [1.82, 2.24) is 4.90 Å². The van der Waals surface area contributed by atoms with E-state index < -0.39 is 0 Å². The number of amides is 1. The molecule has 0 spiro atoms. The van der Waals surface area contributed by atoms with Gasteiger partial charge < -0.3 is 15.4 Å². The minimum atomic E-state index is -0.291. The van der Waals surface area contributed by atoms with Gasteiger partial charge in [-0.25, -0.2) is 4.39 Å². The molecule has 1 fully saturated rings. The summed E-state index contributed by atoms with van der Waals surface area (Å²) >= 11 is 0. The van der Waals surface area contributed by atoms with Crippen LogP contribution in [0, 0.1) is 5.82 Å². The molecule has 1 unspecified atom stereocenters. The Morgan fingerprint density at radius 2 is 2.11 bits per heavy atom. The summed E-state index contributed by atoms with van der Waals surface area (Å²) in [7, 11) is 0. The Hall–Kier alpha value is -1.17. The maximum absolute atomic E-state index is 12.8. The molecule has 0 radical (unpaired) electrons. The van der Waals surface area contributed by atoms with Crippen LogP contribution in [0.5, 0.6) is 0 Å². The number of ether oxygens (including phenoxy) is 1. The molecule has 1 aliphatic rings. The predicted octanol–water partition coefficient (Wildman–Crippen LogP) is 0.976. The fraction of sp³-hybridized carbons (Fsp3) is 0.462. The van der Waals surface area contributed by atoms with Crippen LogP contribution in [0.3, 0.4) is 0 Å². The van der Waals surface area contributed by atoms with Crippen LogP contribution in [0.25, 0.3) is 0 Å². The minimum absolute atomic E-state index is 0. The summed E-state index contributed by atoms with van der Waals surface area (Å²) in [6, 6.07) is 6.00. The van der Waals surface area contributed by atoms with Crippen molar-refractivity contribution in [3.05, 3.63) is 35.6 Å². The molecule has 0 aromatic heterocycles. The molecule has 1 amide bonds. The SMILES string of the molecule is Cl.NCC1CN(C(=O)Cc2ccc(F)cc2)CCO1. The Morgan fingerprint density at radius 1 is 1.42 bits per heavy atom. The van der Waals surface area contributed by atoms with Gasteiger partial charge in [0.1, 0.15) is 5.82 Å². The second kappa shape index (κ2) is 7.43. The van der Waals surface area contributed by atoms with Gasteiger partial charge in [0, 0.05) is 19.6 Å². The average molecular weight is 289 g/mol. The van der Waals surface area contributed by atoms with Crippen LogP contribution >= 0.6 is 12.4 Å². The number of benzene rings is 1. The lowest BCUT2D eigenvalue weighted by atomic mass is 10.1. The monoisotopic (exact) mass is 288 g/mol. The zero-order valence-corrected chi connectivity index (χ0v) is 11.4. The highest BCUT2D eigenvalue weighted by molar-refractivity contribution is 5.85. The number of halogens is 2. The van der Waals surface area contributed by atoms with Gasteiger partial charge in [0.05, 0.1) is 19.1 Å². The van der Waals surface area contributed by atoms with E-state index in [9.17, 15) is 9.18 Å². The molecule has 1 aliphatic heterocycles. The number of morpholine rings is 1. The van der Waals surface area contributed by atoms with Crippen LogP contribution in [0.4, 0.5) is 4.39 Å². The van der Waals surface area contributed by atoms with E-state index in [1.807, 2.05) is 0 Å². The highest BCUT2D eigenvalue weighted by atomic mass is 35.5. The number of carbonyl (C=O) groups excluding carboxylic acids is 1. The number of nitrogens with zero attached hydrogens (tertiary/aromatic N) is 1. The molecule has 19 heavy (non-hydrogen) atoms. The van der Waals surface area contributed by atoms with Gasteiger partial charge in [-0.2, -0.15) is 0 Å². The standard InChI is InChI=1S/C13H17FN2O2.ClH/c14-11-3-1-10(2-4-11)7-13(17)16-5-6-18-12(8-15)9-16;/h1-4,12H,5-9,15H2;1H. The Bertz CT molecular complexity index is 414. The van der Waals surface area contributed by atoms with Gasteiger partial charge >= 0.3 is 0 Å². The average Bonchev–Trinajstić information content (AvgIpc) is 2.41. The largest absolute Gasteiger partial charge is 0.373 e. The third kappa shape index (κ3) is 4.45. The summed E-state index contributed by atoms with van der Waals surface area (Å²) in [5, 5.41) is 0. The first-order valence-electron chi connectivity index (χ1n) is 6.03. The molecule has 1 aromatic carbocycles. The third-order valence-corrected chi connectivity index (χ3v) is 3.02. The number of hydrogen-bond donors (Lipinski definition) is 1. The maximum Gasteiger partial charge on any atom is 0.227 e. The number of rotatable bonds is 3. The summed E-state index contributed by atoms with van der Waals surface area (Å²) in [6.07, 6.45) is 0.216. The third-order valence-electron chi connectivity index (χ3n) is 3.02. The van der Waals surface area contributed by atoms with E-state index in [1.165, 1.54) is 12.1 Å². The van der Waals surface area contributed by atoms with E-state index >= 15 is 0 Å². The summed E-state index contributed by atoms with van der Waals surface area (Å²) in [5.41, 5.74) is 6.35. The molecule has 1 heterocycles. The van der Waals surface area contributed by atoms with Gasteiger partial charge in [0.25, 0.3) is 0 Å². The first-order chi connectivity index (χ1) is 8.69. The molecular weight excluding hydrogens is 271 g/mol. The highest BCUT2D eigenvalue weighted by Gasteiger charge is 2.23. The van der Waals surface area contributed by atoms with E-state index in [0.29, 0.717) is 26.2 Å². The molecule has 6 heteroatoms. The number of hydrogen-bond acceptors (Lipinski definition) is 3. The van der Waals surface area contributed by atoms with Crippen molar-refractivity contribution in [2.24, 2.45) is 5.73 Å². The van der Waals surface area contributed by atoms with E-state index in [1.54, 1.807) is 17.0 Å². The molecule has 0 aliphatic carbocycles. The topological polar surface area (TPSA) is 55.6 Å². The molecule has 1 saturated heterocycles. The smallest absolute Gasteiger partial charge is 0.227 e. The Kier molecular flexibility index (Phi) is 6.21. The lowest BCUT2D eigenvalue weighted by Crippen LogP contribution is -2.48. The highest BCUT2D eigenvalue weighted by Crippen LogP contribution is 2.09. The fourth-order valence-corrected chi connectivity index (χ4v) is 1.98. The van der Waals surface area contributed by atoms with Gasteiger partial charge in [-0.05, 0) is 17.7 Å². The van der Waals surface area contributed by atoms with Crippen molar-refractivity contribution in [2.45, 2.75) is 12.5 Å². The summed E-state index contributed by atoms with van der Waals surface area (Å²) in [5.74, 6) is -0.260. The van der Waals surface area contributed by atoms with E-state index in [0.717, 1.165) is 5.56 Å². The van der Waals surface area contributed by atoms with Gasteiger partial charge in [-0.1, -0.05) is 12.1 Å². The van der Waals surface area contributed by atoms with Crippen molar-refractivity contribution in [2.75, 3.05) is 26.2 Å². The van der Waals surface area contributed by atoms with Gasteiger partial charge in [0.2, 0.25) is 5.91 Å². The number of nitrogens with two attached hydrogens (primary N) is 1. The predicted molar refractivity (Wildman–Crippen MR) is 72.7 cm³/mol. The Balaban J connectivity index is 0.00000180. The van der Waals surface area contributed by atoms with Crippen molar-refractivity contribution in [3.63, 3.8) is 0 Å². The molecule has 4 nitrogen and oxygen atoms in total. The second-order valence-corrected chi connectivity index (χ2v) is 4.37. The fourth-order valence-electron chi connectivity index (χ4n) is 1.98. The number of carbonyl (C=O) groups is 1. The van der Waals surface area contributed by atoms with Gasteiger partial charge in [-0.15, -0.1) is 12.4 Å². The maximum atomic E-state index is 12.8. The zero-order valence-electron chi connectivity index (χ0n) is 10.5. The van der Waals surface area contributed by atoms with Crippen LogP contribution in [0.15, 0.2) is 24.3 Å². The van der Waals surface area contributed by atoms with Crippen LogP contribution in [0.2, 0.25) is 0 Å². The Morgan fingerprint density at radius 3 is 2.74 bits per heavy atom. The molecule has 1 aromatic rings. The summed E-state index contributed by atoms with van der Waals surface area (Å²) < 4.78 is 18.2. The van der Waals surface area contributed by atoms with E-state index in [4.69, 9.17) is 10.5 Å². The normalized spacial score (nSPS) is 18.8. The quantitative estimate of drug-likeness (QED) is 0.902. The van der Waals surface area contributed by atoms with Crippen LogP contribution in [-0.4, -0.2) is 43.2 Å². The van der Waals surface area contributed by atoms with Crippen LogP contribution < -0.4 is 5.73 Å². The molecule has 0 bridgehead atoms. The van der Waals surface area contributed by atoms with Crippen molar-refractivity contribution in [1.29, 1.82) is 0 Å². The van der Waals surface area contributed by atoms with Crippen molar-refractivity contribution < 1.29 is 13.9 Å². The molecular formula is C13H18ClFN2O2. The van der Waals surface area contributed by atoms with Crippen molar-refractivity contribution >= 4 is 18.3 Å². The van der Waals surface area contributed by atoms with Crippen LogP contribution in [-0.2, 0) is 16.0 Å². The summed E-state index contributed by atoms with van der Waals surface area (Å²) in [6.45, 7) is 2.07.